The van der Waals surface area contributed by atoms with Crippen molar-refractivity contribution in [1.82, 2.24) is 21.1 Å². The molecule has 0 saturated carbocycles. The molecular weight excluding hydrogens is 264 g/mol. The van der Waals surface area contributed by atoms with Gasteiger partial charge >= 0.3 is 0 Å². The van der Waals surface area contributed by atoms with Crippen molar-refractivity contribution in [2.24, 2.45) is 0 Å². The molecule has 7 heteroatoms. The Balaban J connectivity index is 1.74. The maximum absolute atomic E-state index is 11.7. The Bertz CT molecular complexity index is 435. The molecule has 0 aromatic carbocycles. The minimum atomic E-state index is -0.281. The number of piperazine rings is 1. The minimum absolute atomic E-state index is 0.196. The van der Waals surface area contributed by atoms with Crippen LogP contribution in [0.5, 0.6) is 0 Å². The lowest BCUT2D eigenvalue weighted by molar-refractivity contribution is -0.123. The molecule has 2 heterocycles. The molecular formula is C12H18N4O2S. The van der Waals surface area contributed by atoms with E-state index >= 15 is 0 Å². The summed E-state index contributed by atoms with van der Waals surface area (Å²) in [5.41, 5.74) is 4.86. The zero-order valence-corrected chi connectivity index (χ0v) is 11.6. The number of hydrazine groups is 1. The lowest BCUT2D eigenvalue weighted by atomic mass is 10.2. The summed E-state index contributed by atoms with van der Waals surface area (Å²) in [5, 5.41) is 5.08. The molecule has 1 aromatic heterocycles. The molecule has 2 rings (SSSR count). The van der Waals surface area contributed by atoms with E-state index in [0.29, 0.717) is 17.5 Å². The largest absolute Gasteiger partial charge is 0.314 e. The molecule has 0 bridgehead atoms. The predicted molar refractivity (Wildman–Crippen MR) is 73.8 cm³/mol. The van der Waals surface area contributed by atoms with Gasteiger partial charge in [-0.1, -0.05) is 6.07 Å². The molecule has 0 radical (unpaired) electrons. The first-order valence-corrected chi connectivity index (χ1v) is 7.12. The van der Waals surface area contributed by atoms with E-state index in [1.165, 1.54) is 11.3 Å². The van der Waals surface area contributed by atoms with Crippen LogP contribution < -0.4 is 16.2 Å². The van der Waals surface area contributed by atoms with Gasteiger partial charge in [-0.25, -0.2) is 0 Å². The average Bonchev–Trinajstić information content (AvgIpc) is 2.93. The number of hydrogen-bond donors (Lipinski definition) is 3. The summed E-state index contributed by atoms with van der Waals surface area (Å²) in [6.45, 7) is 4.98. The number of nitrogens with one attached hydrogen (secondary N) is 3. The van der Waals surface area contributed by atoms with Gasteiger partial charge in [-0.3, -0.25) is 25.3 Å². The van der Waals surface area contributed by atoms with Crippen LogP contribution in [0.1, 0.15) is 16.6 Å². The number of nitrogens with zero attached hydrogens (tertiary/aromatic N) is 1. The summed E-state index contributed by atoms with van der Waals surface area (Å²) in [4.78, 5) is 26.0. The fourth-order valence-electron chi connectivity index (χ4n) is 1.94. The fraction of sp³-hybridized carbons (Fsp3) is 0.500. The van der Waals surface area contributed by atoms with Crippen molar-refractivity contribution in [1.29, 1.82) is 0 Å². The smallest absolute Gasteiger partial charge is 0.279 e. The minimum Gasteiger partial charge on any atom is -0.314 e. The second kappa shape index (κ2) is 6.65. The van der Waals surface area contributed by atoms with E-state index in [1.807, 2.05) is 5.38 Å². The molecule has 1 fully saturated rings. The van der Waals surface area contributed by atoms with Gasteiger partial charge in [0.15, 0.2) is 0 Å². The third-order valence-corrected chi connectivity index (χ3v) is 3.91. The van der Waals surface area contributed by atoms with Gasteiger partial charge in [0.2, 0.25) is 0 Å². The molecule has 1 aromatic rings. The highest BCUT2D eigenvalue weighted by Gasteiger charge is 2.20. The van der Waals surface area contributed by atoms with Crippen LogP contribution in [0.2, 0.25) is 0 Å². The van der Waals surface area contributed by atoms with Gasteiger partial charge in [0, 0.05) is 25.7 Å². The fourth-order valence-corrected chi connectivity index (χ4v) is 2.56. The van der Waals surface area contributed by atoms with E-state index in [2.05, 4.69) is 28.0 Å². The molecule has 0 spiro atoms. The number of thiophene rings is 1. The van der Waals surface area contributed by atoms with Crippen molar-refractivity contribution in [2.75, 3.05) is 26.2 Å². The molecule has 1 unspecified atom stereocenters. The van der Waals surface area contributed by atoms with Crippen molar-refractivity contribution in [2.45, 2.75) is 13.0 Å². The first-order valence-electron chi connectivity index (χ1n) is 6.24. The van der Waals surface area contributed by atoms with Crippen molar-refractivity contribution < 1.29 is 9.59 Å². The van der Waals surface area contributed by atoms with Gasteiger partial charge in [-0.05, 0) is 18.4 Å². The van der Waals surface area contributed by atoms with Gasteiger partial charge < -0.3 is 5.32 Å². The summed E-state index contributed by atoms with van der Waals surface area (Å²) >= 11 is 1.34. The van der Waals surface area contributed by atoms with E-state index in [4.69, 9.17) is 0 Å². The number of amides is 2. The molecule has 0 aliphatic carbocycles. The maximum atomic E-state index is 11.7. The number of hydrogen-bond acceptors (Lipinski definition) is 5. The zero-order valence-electron chi connectivity index (χ0n) is 10.8. The normalized spacial score (nSPS) is 19.9. The first kappa shape index (κ1) is 14.0. The van der Waals surface area contributed by atoms with Gasteiger partial charge in [0.05, 0.1) is 11.4 Å². The molecule has 19 heavy (non-hydrogen) atoms. The van der Waals surface area contributed by atoms with Gasteiger partial charge in [0.1, 0.15) is 0 Å². The van der Waals surface area contributed by atoms with Crippen molar-refractivity contribution in [3.63, 3.8) is 0 Å². The number of rotatable bonds is 3. The lowest BCUT2D eigenvalue weighted by Crippen LogP contribution is -2.54. The van der Waals surface area contributed by atoms with Crippen LogP contribution in [0.3, 0.4) is 0 Å². The topological polar surface area (TPSA) is 73.5 Å². The Hall–Kier alpha value is -1.44. The van der Waals surface area contributed by atoms with Crippen LogP contribution in [0.15, 0.2) is 17.5 Å². The van der Waals surface area contributed by atoms with E-state index in [1.54, 1.807) is 12.1 Å². The third-order valence-electron chi connectivity index (χ3n) is 3.05. The van der Waals surface area contributed by atoms with E-state index in [9.17, 15) is 9.59 Å². The lowest BCUT2D eigenvalue weighted by Gasteiger charge is -2.33. The number of carbonyl (C=O) groups excluding carboxylic acids is 2. The monoisotopic (exact) mass is 282 g/mol. The standard InChI is InChI=1S/C12H18N4O2S/c1-9-7-13-4-5-16(9)8-11(17)14-15-12(18)10-3-2-6-19-10/h2-3,6,9,13H,4-5,7-8H2,1H3,(H,14,17)(H,15,18). The third kappa shape index (κ3) is 4.02. The van der Waals surface area contributed by atoms with Gasteiger partial charge in [-0.15, -0.1) is 11.3 Å². The summed E-state index contributed by atoms with van der Waals surface area (Å²) in [6, 6.07) is 3.83. The van der Waals surface area contributed by atoms with E-state index < -0.39 is 0 Å². The number of carbonyl (C=O) groups is 2. The summed E-state index contributed by atoms with van der Waals surface area (Å²) in [5.74, 6) is -0.477. The van der Waals surface area contributed by atoms with Gasteiger partial charge in [0.25, 0.3) is 11.8 Å². The van der Waals surface area contributed by atoms with Crippen molar-refractivity contribution >= 4 is 23.2 Å². The average molecular weight is 282 g/mol. The highest BCUT2D eigenvalue weighted by Crippen LogP contribution is 2.07. The Labute approximate surface area is 116 Å². The molecule has 104 valence electrons. The Kier molecular flexibility index (Phi) is 4.89. The van der Waals surface area contributed by atoms with E-state index in [-0.39, 0.29) is 11.8 Å². The predicted octanol–water partition coefficient (Wildman–Crippen LogP) is -0.197. The van der Waals surface area contributed by atoms with Crippen molar-refractivity contribution in [3.05, 3.63) is 22.4 Å². The first-order chi connectivity index (χ1) is 9.16. The van der Waals surface area contributed by atoms with Crippen LogP contribution in [0.25, 0.3) is 0 Å². The summed E-state index contributed by atoms with van der Waals surface area (Å²) in [6.07, 6.45) is 0. The molecule has 1 saturated heterocycles. The molecule has 2 amide bonds. The quantitative estimate of drug-likeness (QED) is 0.672. The molecule has 1 atom stereocenters. The molecule has 1 aliphatic rings. The van der Waals surface area contributed by atoms with Crippen LogP contribution in [-0.4, -0.2) is 48.9 Å². The Morgan fingerprint density at radius 3 is 3.05 bits per heavy atom. The van der Waals surface area contributed by atoms with Crippen LogP contribution in [0, 0.1) is 0 Å². The molecule has 6 nitrogen and oxygen atoms in total. The van der Waals surface area contributed by atoms with Gasteiger partial charge in [-0.2, -0.15) is 0 Å². The zero-order chi connectivity index (χ0) is 13.7. The Morgan fingerprint density at radius 2 is 2.37 bits per heavy atom. The van der Waals surface area contributed by atoms with Crippen LogP contribution in [-0.2, 0) is 4.79 Å². The summed E-state index contributed by atoms with van der Waals surface area (Å²) in [7, 11) is 0. The highest BCUT2D eigenvalue weighted by molar-refractivity contribution is 7.12. The SMILES string of the molecule is CC1CNCCN1CC(=O)NNC(=O)c1cccs1. The summed E-state index contributed by atoms with van der Waals surface area (Å²) < 4.78 is 0. The van der Waals surface area contributed by atoms with Crippen LogP contribution in [0.4, 0.5) is 0 Å². The van der Waals surface area contributed by atoms with Crippen LogP contribution >= 0.6 is 11.3 Å². The van der Waals surface area contributed by atoms with E-state index in [0.717, 1.165) is 19.6 Å². The molecule has 3 N–H and O–H groups in total. The second-order valence-corrected chi connectivity index (χ2v) is 5.45. The highest BCUT2D eigenvalue weighted by atomic mass is 32.1. The molecule has 1 aliphatic heterocycles. The Morgan fingerprint density at radius 1 is 1.53 bits per heavy atom. The maximum Gasteiger partial charge on any atom is 0.279 e. The van der Waals surface area contributed by atoms with Crippen molar-refractivity contribution in [3.8, 4) is 0 Å². The second-order valence-electron chi connectivity index (χ2n) is 4.50.